The fraction of sp³-hybridized carbons (Fsp3) is 0.526. The Morgan fingerprint density at radius 1 is 1.04 bits per heavy atom. The largest absolute Gasteiger partial charge is 0.297 e. The molecule has 0 radical (unpaired) electrons. The highest BCUT2D eigenvalue weighted by molar-refractivity contribution is 5.29. The summed E-state index contributed by atoms with van der Waals surface area (Å²) < 4.78 is 0. The van der Waals surface area contributed by atoms with E-state index < -0.39 is 0 Å². The van der Waals surface area contributed by atoms with Crippen molar-refractivity contribution in [3.8, 4) is 0 Å². The highest BCUT2D eigenvalue weighted by Gasteiger charge is 2.23. The van der Waals surface area contributed by atoms with Crippen molar-refractivity contribution in [2.75, 3.05) is 13.1 Å². The highest BCUT2D eigenvalue weighted by atomic mass is 15.1. The number of hydrogen-bond donors (Lipinski definition) is 0. The molecule has 0 aromatic carbocycles. The molecule has 2 aromatic heterocycles. The van der Waals surface area contributed by atoms with E-state index in [9.17, 15) is 0 Å². The Morgan fingerprint density at radius 3 is 2.78 bits per heavy atom. The summed E-state index contributed by atoms with van der Waals surface area (Å²) in [4.78, 5) is 16.0. The molecule has 4 rings (SSSR count). The van der Waals surface area contributed by atoms with Crippen LogP contribution in [0.15, 0.2) is 30.7 Å². The van der Waals surface area contributed by atoms with Gasteiger partial charge in [0.2, 0.25) is 0 Å². The van der Waals surface area contributed by atoms with Crippen LogP contribution in [0.1, 0.15) is 41.9 Å². The van der Waals surface area contributed by atoms with E-state index in [0.717, 1.165) is 25.3 Å². The third-order valence-corrected chi connectivity index (χ3v) is 5.27. The van der Waals surface area contributed by atoms with Gasteiger partial charge in [0.15, 0.2) is 0 Å². The molecular formula is C19H24N4. The standard InChI is InChI=1S/C19H24N4/c1-2-9-20-16(4-1)13-23-10-7-15(8-11-23)12-19-17-5-3-6-18(17)21-14-22-19/h1-2,4,9,14-15H,3,5-8,10-13H2. The van der Waals surface area contributed by atoms with Crippen molar-refractivity contribution in [3.63, 3.8) is 0 Å². The predicted molar refractivity (Wildman–Crippen MR) is 90.0 cm³/mol. The van der Waals surface area contributed by atoms with Crippen LogP contribution in [-0.4, -0.2) is 32.9 Å². The number of nitrogens with zero attached hydrogens (tertiary/aromatic N) is 4. The van der Waals surface area contributed by atoms with Crippen LogP contribution >= 0.6 is 0 Å². The molecule has 0 atom stereocenters. The van der Waals surface area contributed by atoms with E-state index in [1.165, 1.54) is 61.4 Å². The van der Waals surface area contributed by atoms with Crippen LogP contribution in [0.3, 0.4) is 0 Å². The first-order valence-corrected chi connectivity index (χ1v) is 8.82. The summed E-state index contributed by atoms with van der Waals surface area (Å²) >= 11 is 0. The SMILES string of the molecule is c1ccc(CN2CCC(Cc3ncnc4c3CCC4)CC2)nc1. The first-order valence-electron chi connectivity index (χ1n) is 8.82. The number of aromatic nitrogens is 3. The molecule has 1 saturated heterocycles. The summed E-state index contributed by atoms with van der Waals surface area (Å²) in [5.74, 6) is 0.773. The molecule has 1 fully saturated rings. The molecule has 3 heterocycles. The Morgan fingerprint density at radius 2 is 1.96 bits per heavy atom. The molecular weight excluding hydrogens is 284 g/mol. The lowest BCUT2D eigenvalue weighted by Gasteiger charge is -2.31. The second-order valence-corrected chi connectivity index (χ2v) is 6.84. The number of pyridine rings is 1. The van der Waals surface area contributed by atoms with Gasteiger partial charge in [-0.1, -0.05) is 6.07 Å². The smallest absolute Gasteiger partial charge is 0.115 e. The van der Waals surface area contributed by atoms with Crippen LogP contribution in [0.25, 0.3) is 0 Å². The van der Waals surface area contributed by atoms with Crippen LogP contribution in [0, 0.1) is 5.92 Å². The minimum atomic E-state index is 0.773. The summed E-state index contributed by atoms with van der Waals surface area (Å²) in [7, 11) is 0. The topological polar surface area (TPSA) is 41.9 Å². The van der Waals surface area contributed by atoms with E-state index in [0.29, 0.717) is 0 Å². The minimum absolute atomic E-state index is 0.773. The number of piperidine rings is 1. The van der Waals surface area contributed by atoms with Gasteiger partial charge >= 0.3 is 0 Å². The molecule has 2 aromatic rings. The van der Waals surface area contributed by atoms with E-state index in [1.54, 1.807) is 6.33 Å². The predicted octanol–water partition coefficient (Wildman–Crippen LogP) is 2.82. The molecule has 0 bridgehead atoms. The molecule has 1 aliphatic carbocycles. The minimum Gasteiger partial charge on any atom is -0.297 e. The first-order chi connectivity index (χ1) is 11.4. The van der Waals surface area contributed by atoms with E-state index in [4.69, 9.17) is 0 Å². The third-order valence-electron chi connectivity index (χ3n) is 5.27. The van der Waals surface area contributed by atoms with Crippen LogP contribution in [-0.2, 0) is 25.8 Å². The lowest BCUT2D eigenvalue weighted by molar-refractivity contribution is 0.174. The van der Waals surface area contributed by atoms with E-state index >= 15 is 0 Å². The maximum atomic E-state index is 4.60. The normalized spacial score (nSPS) is 19.0. The Hall–Kier alpha value is -1.81. The van der Waals surface area contributed by atoms with Gasteiger partial charge in [0, 0.05) is 24.1 Å². The lowest BCUT2D eigenvalue weighted by atomic mass is 9.90. The summed E-state index contributed by atoms with van der Waals surface area (Å²) in [5, 5.41) is 0. The fourth-order valence-electron chi connectivity index (χ4n) is 3.95. The zero-order valence-electron chi connectivity index (χ0n) is 13.6. The molecule has 23 heavy (non-hydrogen) atoms. The average molecular weight is 308 g/mol. The monoisotopic (exact) mass is 308 g/mol. The molecule has 0 unspecified atom stereocenters. The third kappa shape index (κ3) is 3.42. The van der Waals surface area contributed by atoms with Gasteiger partial charge in [0.1, 0.15) is 6.33 Å². The molecule has 1 aliphatic heterocycles. The molecule has 2 aliphatic rings. The summed E-state index contributed by atoms with van der Waals surface area (Å²) in [6.45, 7) is 3.33. The number of rotatable bonds is 4. The van der Waals surface area contributed by atoms with Crippen molar-refractivity contribution in [1.29, 1.82) is 0 Å². The molecule has 120 valence electrons. The summed E-state index contributed by atoms with van der Waals surface area (Å²) in [6, 6.07) is 6.18. The van der Waals surface area contributed by atoms with Crippen LogP contribution < -0.4 is 0 Å². The number of aryl methyl sites for hydroxylation is 1. The van der Waals surface area contributed by atoms with Gasteiger partial charge in [-0.2, -0.15) is 0 Å². The maximum Gasteiger partial charge on any atom is 0.115 e. The zero-order chi connectivity index (χ0) is 15.5. The molecule has 4 nitrogen and oxygen atoms in total. The van der Waals surface area contributed by atoms with Gasteiger partial charge in [-0.05, 0) is 75.2 Å². The van der Waals surface area contributed by atoms with Gasteiger partial charge in [-0.25, -0.2) is 9.97 Å². The zero-order valence-corrected chi connectivity index (χ0v) is 13.6. The van der Waals surface area contributed by atoms with Gasteiger partial charge in [0.05, 0.1) is 5.69 Å². The summed E-state index contributed by atoms with van der Waals surface area (Å²) in [6.07, 6.45) is 10.9. The van der Waals surface area contributed by atoms with Crippen molar-refractivity contribution in [2.24, 2.45) is 5.92 Å². The second kappa shape index (κ2) is 6.75. The van der Waals surface area contributed by atoms with Crippen molar-refractivity contribution < 1.29 is 0 Å². The Bertz CT molecular complexity index is 648. The number of likely N-dealkylation sites (tertiary alicyclic amines) is 1. The van der Waals surface area contributed by atoms with Crippen LogP contribution in [0.5, 0.6) is 0 Å². The maximum absolute atomic E-state index is 4.60. The summed E-state index contributed by atoms with van der Waals surface area (Å²) in [5.41, 5.74) is 5.28. The molecule has 0 amide bonds. The van der Waals surface area contributed by atoms with E-state index in [1.807, 2.05) is 12.3 Å². The highest BCUT2D eigenvalue weighted by Crippen LogP contribution is 2.27. The quantitative estimate of drug-likeness (QED) is 0.871. The number of fused-ring (bicyclic) bond motifs is 1. The first kappa shape index (κ1) is 14.8. The molecule has 4 heteroatoms. The molecule has 0 N–H and O–H groups in total. The second-order valence-electron chi connectivity index (χ2n) is 6.84. The average Bonchev–Trinajstić information content (AvgIpc) is 3.07. The lowest BCUT2D eigenvalue weighted by Crippen LogP contribution is -2.34. The Balaban J connectivity index is 1.33. The van der Waals surface area contributed by atoms with Gasteiger partial charge in [-0.15, -0.1) is 0 Å². The van der Waals surface area contributed by atoms with E-state index in [2.05, 4.69) is 32.0 Å². The van der Waals surface area contributed by atoms with Gasteiger partial charge in [0.25, 0.3) is 0 Å². The van der Waals surface area contributed by atoms with Gasteiger partial charge < -0.3 is 0 Å². The van der Waals surface area contributed by atoms with Gasteiger partial charge in [-0.3, -0.25) is 9.88 Å². The fourth-order valence-corrected chi connectivity index (χ4v) is 3.95. The van der Waals surface area contributed by atoms with Crippen LogP contribution in [0.2, 0.25) is 0 Å². The molecule has 0 spiro atoms. The van der Waals surface area contributed by atoms with Crippen molar-refractivity contribution in [2.45, 2.75) is 45.1 Å². The number of hydrogen-bond acceptors (Lipinski definition) is 4. The Labute approximate surface area is 138 Å². The van der Waals surface area contributed by atoms with Crippen LogP contribution in [0.4, 0.5) is 0 Å². The van der Waals surface area contributed by atoms with Crippen molar-refractivity contribution in [1.82, 2.24) is 19.9 Å². The Kier molecular flexibility index (Phi) is 4.33. The molecule has 0 saturated carbocycles. The van der Waals surface area contributed by atoms with E-state index in [-0.39, 0.29) is 0 Å². The van der Waals surface area contributed by atoms with Crippen molar-refractivity contribution in [3.05, 3.63) is 53.4 Å². The van der Waals surface area contributed by atoms with Crippen molar-refractivity contribution >= 4 is 0 Å².